The largest absolute Gasteiger partial charge is 0.475 e. The predicted molar refractivity (Wildman–Crippen MR) is 114 cm³/mol. The maximum Gasteiger partial charge on any atom is 0.398 e. The third-order valence-electron chi connectivity index (χ3n) is 7.82. The molecule has 2 saturated carbocycles. The molecule has 7 atom stereocenters. The molecule has 0 radical (unpaired) electrons. The van der Waals surface area contributed by atoms with E-state index in [9.17, 15) is 0 Å². The molecule has 3 fully saturated rings. The van der Waals surface area contributed by atoms with E-state index in [1.54, 1.807) is 0 Å². The van der Waals surface area contributed by atoms with Gasteiger partial charge in [0.05, 0.1) is 17.7 Å². The van der Waals surface area contributed by atoms with E-state index in [0.29, 0.717) is 23.8 Å². The minimum Gasteiger partial charge on any atom is -0.475 e. The first-order valence-corrected chi connectivity index (χ1v) is 12.1. The zero-order valence-corrected chi connectivity index (χ0v) is 18.9. The summed E-state index contributed by atoms with van der Waals surface area (Å²) in [5.74, 6) is 3.41. The van der Waals surface area contributed by atoms with Gasteiger partial charge in [-0.25, -0.2) is 4.99 Å². The molecule has 2 aliphatic carbocycles. The number of benzene rings is 1. The first-order chi connectivity index (χ1) is 13.8. The maximum atomic E-state index is 6.38. The Labute approximate surface area is 175 Å². The van der Waals surface area contributed by atoms with Crippen molar-refractivity contribution in [2.45, 2.75) is 71.6 Å². The Morgan fingerprint density at radius 1 is 1.24 bits per heavy atom. The van der Waals surface area contributed by atoms with E-state index >= 15 is 0 Å². The molecule has 1 aromatic carbocycles. The van der Waals surface area contributed by atoms with Crippen molar-refractivity contribution >= 4 is 14.5 Å². The molecule has 0 aromatic heterocycles. The van der Waals surface area contributed by atoms with Crippen LogP contribution in [0.2, 0.25) is 0 Å². The summed E-state index contributed by atoms with van der Waals surface area (Å²) in [7, 11) is -1.42. The minimum atomic E-state index is -1.42. The van der Waals surface area contributed by atoms with E-state index in [1.165, 1.54) is 0 Å². The van der Waals surface area contributed by atoms with Crippen LogP contribution in [0.4, 0.5) is 0 Å². The van der Waals surface area contributed by atoms with Crippen molar-refractivity contribution in [3.63, 3.8) is 0 Å². The summed E-state index contributed by atoms with van der Waals surface area (Å²) in [6.45, 7) is 12.0. The molecule has 0 amide bonds. The molecule has 2 heterocycles. The van der Waals surface area contributed by atoms with E-state index in [-0.39, 0.29) is 17.7 Å². The molecule has 2 aliphatic heterocycles. The van der Waals surface area contributed by atoms with Gasteiger partial charge in [-0.15, -0.1) is 0 Å². The van der Waals surface area contributed by atoms with Crippen molar-refractivity contribution in [1.82, 2.24) is 0 Å². The Hall–Kier alpha value is -1.16. The fourth-order valence-electron chi connectivity index (χ4n) is 5.27. The summed E-state index contributed by atoms with van der Waals surface area (Å²) >= 11 is 0. The Balaban J connectivity index is 1.31. The molecular formula is C23H32NO4P. The van der Waals surface area contributed by atoms with Crippen LogP contribution in [0, 0.1) is 23.2 Å². The lowest BCUT2D eigenvalue weighted by Crippen LogP contribution is -2.40. The summed E-state index contributed by atoms with van der Waals surface area (Å²) in [6, 6.07) is 8.14. The van der Waals surface area contributed by atoms with Crippen LogP contribution in [0.3, 0.4) is 0 Å². The quantitative estimate of drug-likeness (QED) is 0.575. The average molecular weight is 417 g/mol. The van der Waals surface area contributed by atoms with Crippen molar-refractivity contribution in [1.29, 1.82) is 0 Å². The van der Waals surface area contributed by atoms with Crippen LogP contribution in [0.15, 0.2) is 29.3 Å². The summed E-state index contributed by atoms with van der Waals surface area (Å²) < 4.78 is 24.9. The smallest absolute Gasteiger partial charge is 0.398 e. The molecular weight excluding hydrogens is 385 g/mol. The molecule has 29 heavy (non-hydrogen) atoms. The third-order valence-corrected chi connectivity index (χ3v) is 9.16. The maximum absolute atomic E-state index is 6.38. The van der Waals surface area contributed by atoms with Crippen LogP contribution in [-0.2, 0) is 13.8 Å². The van der Waals surface area contributed by atoms with Crippen molar-refractivity contribution < 1.29 is 18.3 Å². The van der Waals surface area contributed by atoms with Crippen LogP contribution in [-0.4, -0.2) is 30.3 Å². The first kappa shape index (κ1) is 19.8. The molecule has 1 unspecified atom stereocenters. The van der Waals surface area contributed by atoms with E-state index in [1.807, 2.05) is 24.3 Å². The van der Waals surface area contributed by atoms with Gasteiger partial charge in [-0.05, 0) is 55.1 Å². The lowest BCUT2D eigenvalue weighted by atomic mass is 9.84. The van der Waals surface area contributed by atoms with Crippen LogP contribution in [0.25, 0.3) is 0 Å². The topological polar surface area (TPSA) is 49.3 Å². The van der Waals surface area contributed by atoms with Crippen LogP contribution < -0.4 is 4.52 Å². The van der Waals surface area contributed by atoms with Crippen LogP contribution in [0.5, 0.6) is 5.75 Å². The standard InChI is InChI=1S/C23H32NO4P/c1-6-14(2)18-13-25-21(24-18)15-9-7-8-10-19(15)26-29-27-20-11-16-17(22(16,3)4)12-23(20,5)28-29/h7-10,14,16-18,20H,6,11-13H2,1-5H3/t14-,16+,17-,18+,20+,23-,29?/m0/s1. The van der Waals surface area contributed by atoms with Gasteiger partial charge in [-0.2, -0.15) is 0 Å². The molecule has 158 valence electrons. The second-order valence-corrected chi connectivity index (χ2v) is 11.0. The minimum absolute atomic E-state index is 0.124. The molecule has 1 aromatic rings. The van der Waals surface area contributed by atoms with Gasteiger partial charge in [0, 0.05) is 0 Å². The van der Waals surface area contributed by atoms with E-state index in [4.69, 9.17) is 23.3 Å². The van der Waals surface area contributed by atoms with Crippen LogP contribution >= 0.6 is 8.60 Å². The summed E-state index contributed by atoms with van der Waals surface area (Å²) in [6.07, 6.45) is 3.35. The monoisotopic (exact) mass is 417 g/mol. The number of ether oxygens (including phenoxy) is 1. The Morgan fingerprint density at radius 2 is 2.03 bits per heavy atom. The third kappa shape index (κ3) is 3.30. The number of fused-ring (bicyclic) bond motifs is 2. The van der Waals surface area contributed by atoms with E-state index in [0.717, 1.165) is 42.4 Å². The fraction of sp³-hybridized carbons (Fsp3) is 0.696. The van der Waals surface area contributed by atoms with Crippen LogP contribution in [0.1, 0.15) is 59.4 Å². The Kier molecular flexibility index (Phi) is 4.73. The lowest BCUT2D eigenvalue weighted by Gasteiger charge is -2.31. The van der Waals surface area contributed by atoms with Crippen molar-refractivity contribution in [2.24, 2.45) is 28.2 Å². The van der Waals surface area contributed by atoms with Gasteiger partial charge in [0.25, 0.3) is 0 Å². The van der Waals surface area contributed by atoms with Gasteiger partial charge >= 0.3 is 8.60 Å². The number of para-hydroxylation sites is 1. The second kappa shape index (κ2) is 6.93. The molecule has 0 bridgehead atoms. The number of hydrogen-bond acceptors (Lipinski definition) is 5. The normalized spacial score (nSPS) is 40.4. The van der Waals surface area contributed by atoms with Gasteiger partial charge in [0.2, 0.25) is 5.90 Å². The highest BCUT2D eigenvalue weighted by atomic mass is 31.2. The van der Waals surface area contributed by atoms with Gasteiger partial charge in [-0.1, -0.05) is 46.2 Å². The van der Waals surface area contributed by atoms with Gasteiger partial charge in [0.15, 0.2) is 0 Å². The second-order valence-electron chi connectivity index (χ2n) is 9.98. The number of rotatable bonds is 5. The predicted octanol–water partition coefficient (Wildman–Crippen LogP) is 5.72. The van der Waals surface area contributed by atoms with Gasteiger partial charge in [-0.3, -0.25) is 9.05 Å². The van der Waals surface area contributed by atoms with Crippen molar-refractivity contribution in [2.75, 3.05) is 6.61 Å². The summed E-state index contributed by atoms with van der Waals surface area (Å²) in [4.78, 5) is 4.82. The first-order valence-electron chi connectivity index (χ1n) is 11.0. The molecule has 4 aliphatic rings. The summed E-state index contributed by atoms with van der Waals surface area (Å²) in [5, 5.41) is 0. The number of hydrogen-bond donors (Lipinski definition) is 0. The van der Waals surface area contributed by atoms with Gasteiger partial charge in [0.1, 0.15) is 18.0 Å². The molecule has 1 saturated heterocycles. The molecule has 6 heteroatoms. The summed E-state index contributed by atoms with van der Waals surface area (Å²) in [5.41, 5.74) is 1.08. The molecule has 0 spiro atoms. The van der Waals surface area contributed by atoms with Gasteiger partial charge < -0.3 is 9.26 Å². The Bertz CT molecular complexity index is 827. The number of nitrogens with zero attached hydrogens (tertiary/aromatic N) is 1. The highest BCUT2D eigenvalue weighted by Crippen LogP contribution is 2.71. The molecule has 0 N–H and O–H groups in total. The fourth-order valence-corrected chi connectivity index (χ4v) is 6.76. The SMILES string of the molecule is CC[C@H](C)[C@H]1COC(c2ccccc2OP2O[C@@H]3C[C@@H]4[C@H](C[C@]3(C)O2)C4(C)C)=N1. The Morgan fingerprint density at radius 3 is 2.83 bits per heavy atom. The van der Waals surface area contributed by atoms with E-state index in [2.05, 4.69) is 34.6 Å². The molecule has 5 nitrogen and oxygen atoms in total. The molecule has 5 rings (SSSR count). The number of aliphatic imine (C=N–C) groups is 1. The highest BCUT2D eigenvalue weighted by molar-refractivity contribution is 7.42. The zero-order valence-electron chi connectivity index (χ0n) is 18.1. The van der Waals surface area contributed by atoms with E-state index < -0.39 is 8.60 Å². The highest BCUT2D eigenvalue weighted by Gasteiger charge is 2.67. The zero-order chi connectivity index (χ0) is 20.4. The average Bonchev–Trinajstić information content (AvgIpc) is 3.08. The lowest BCUT2D eigenvalue weighted by molar-refractivity contribution is 0.0141. The van der Waals surface area contributed by atoms with Crippen molar-refractivity contribution in [3.8, 4) is 5.75 Å². The van der Waals surface area contributed by atoms with Crippen molar-refractivity contribution in [3.05, 3.63) is 29.8 Å².